The number of nitrogens with zero attached hydrogens (tertiary/aromatic N) is 1. The molecule has 2 N–H and O–H groups in total. The summed E-state index contributed by atoms with van der Waals surface area (Å²) < 4.78 is 27.1. The Balaban J connectivity index is 1.60. The Labute approximate surface area is 162 Å². The average Bonchev–Trinajstić information content (AvgIpc) is 2.71. The predicted molar refractivity (Wildman–Crippen MR) is 104 cm³/mol. The Morgan fingerprint density at radius 1 is 1.11 bits per heavy atom. The second-order valence-corrected chi connectivity index (χ2v) is 6.98. The number of likely N-dealkylation sites (tertiary alicyclic amines) is 1. The number of nitrogens with one attached hydrogen (secondary N) is 2. The van der Waals surface area contributed by atoms with Gasteiger partial charge >= 0.3 is 0 Å². The molecule has 148 valence electrons. The molecule has 1 saturated heterocycles. The van der Waals surface area contributed by atoms with Crippen molar-refractivity contribution in [3.63, 3.8) is 0 Å². The van der Waals surface area contributed by atoms with Crippen LogP contribution in [0.2, 0.25) is 0 Å². The number of benzene rings is 2. The van der Waals surface area contributed by atoms with Gasteiger partial charge in [0.15, 0.2) is 0 Å². The number of hydrogen-bond acceptors (Lipinski definition) is 3. The van der Waals surface area contributed by atoms with Crippen LogP contribution in [-0.4, -0.2) is 35.8 Å². The number of anilines is 2. The van der Waals surface area contributed by atoms with Crippen LogP contribution >= 0.6 is 0 Å². The third kappa shape index (κ3) is 4.92. The van der Waals surface area contributed by atoms with Gasteiger partial charge in [-0.2, -0.15) is 0 Å². The van der Waals surface area contributed by atoms with Gasteiger partial charge in [-0.1, -0.05) is 18.2 Å². The molecule has 1 aliphatic rings. The summed E-state index contributed by atoms with van der Waals surface area (Å²) in [5, 5.41) is 5.33. The molecule has 28 heavy (non-hydrogen) atoms. The summed E-state index contributed by atoms with van der Waals surface area (Å²) in [6.07, 6.45) is 1.51. The highest BCUT2D eigenvalue weighted by atomic mass is 19.1. The van der Waals surface area contributed by atoms with E-state index < -0.39 is 23.6 Å². The predicted octanol–water partition coefficient (Wildman–Crippen LogP) is 3.64. The summed E-state index contributed by atoms with van der Waals surface area (Å²) in [5.74, 6) is -2.08. The highest BCUT2D eigenvalue weighted by Crippen LogP contribution is 2.22. The molecule has 0 spiro atoms. The van der Waals surface area contributed by atoms with Crippen LogP contribution in [0.1, 0.15) is 19.8 Å². The second kappa shape index (κ2) is 8.93. The van der Waals surface area contributed by atoms with Gasteiger partial charge in [0.1, 0.15) is 11.6 Å². The zero-order chi connectivity index (χ0) is 20.1. The molecule has 2 atom stereocenters. The van der Waals surface area contributed by atoms with E-state index >= 15 is 0 Å². The van der Waals surface area contributed by atoms with Gasteiger partial charge < -0.3 is 10.6 Å². The van der Waals surface area contributed by atoms with Crippen molar-refractivity contribution in [1.29, 1.82) is 0 Å². The van der Waals surface area contributed by atoms with Crippen LogP contribution in [0.4, 0.5) is 20.2 Å². The van der Waals surface area contributed by atoms with Crippen LogP contribution in [0.25, 0.3) is 0 Å². The van der Waals surface area contributed by atoms with E-state index in [-0.39, 0.29) is 17.5 Å². The van der Waals surface area contributed by atoms with Crippen molar-refractivity contribution in [3.05, 3.63) is 60.2 Å². The van der Waals surface area contributed by atoms with E-state index in [1.54, 1.807) is 6.92 Å². The summed E-state index contributed by atoms with van der Waals surface area (Å²) in [6, 6.07) is 11.6. The number of hydrogen-bond donors (Lipinski definition) is 2. The second-order valence-electron chi connectivity index (χ2n) is 6.98. The minimum atomic E-state index is -0.694. The topological polar surface area (TPSA) is 61.4 Å². The molecule has 0 unspecified atom stereocenters. The van der Waals surface area contributed by atoms with Crippen molar-refractivity contribution >= 4 is 23.2 Å². The molecule has 0 saturated carbocycles. The molecule has 3 rings (SSSR count). The molecule has 1 fully saturated rings. The van der Waals surface area contributed by atoms with Gasteiger partial charge in [-0.05, 0) is 50.6 Å². The molecule has 0 bridgehead atoms. The summed E-state index contributed by atoms with van der Waals surface area (Å²) in [5.41, 5.74) is 0.546. The van der Waals surface area contributed by atoms with Crippen LogP contribution < -0.4 is 10.6 Å². The van der Waals surface area contributed by atoms with Gasteiger partial charge in [0, 0.05) is 18.3 Å². The van der Waals surface area contributed by atoms with Gasteiger partial charge in [0.05, 0.1) is 17.6 Å². The van der Waals surface area contributed by atoms with Crippen LogP contribution in [0.5, 0.6) is 0 Å². The minimum Gasteiger partial charge on any atom is -0.326 e. The van der Waals surface area contributed by atoms with E-state index in [0.29, 0.717) is 13.1 Å². The lowest BCUT2D eigenvalue weighted by molar-refractivity contribution is -0.125. The molecular weight excluding hydrogens is 364 g/mol. The highest BCUT2D eigenvalue weighted by molar-refractivity contribution is 5.95. The van der Waals surface area contributed by atoms with Crippen molar-refractivity contribution in [2.45, 2.75) is 25.8 Å². The van der Waals surface area contributed by atoms with E-state index in [1.165, 1.54) is 0 Å². The fraction of sp³-hybridized carbons (Fsp3) is 0.333. The standard InChI is InChI=1S/C21H23F2N3O2/c1-14(20(27)25-19-12-16(22)9-10-18(19)23)26-11-5-6-15(13-26)21(28)24-17-7-3-2-4-8-17/h2-4,7-10,12,14-15H,5-6,11,13H2,1H3,(H,24,28)(H,25,27)/t14-,15+/m0/s1. The third-order valence-corrected chi connectivity index (χ3v) is 4.98. The Kier molecular flexibility index (Phi) is 6.36. The highest BCUT2D eigenvalue weighted by Gasteiger charge is 2.31. The zero-order valence-electron chi connectivity index (χ0n) is 15.6. The number of para-hydroxylation sites is 1. The number of amides is 2. The fourth-order valence-electron chi connectivity index (χ4n) is 3.33. The Morgan fingerprint density at radius 3 is 2.61 bits per heavy atom. The number of rotatable bonds is 5. The first-order valence-corrected chi connectivity index (χ1v) is 9.30. The van der Waals surface area contributed by atoms with E-state index in [0.717, 1.165) is 36.7 Å². The lowest BCUT2D eigenvalue weighted by Crippen LogP contribution is -2.49. The van der Waals surface area contributed by atoms with Gasteiger partial charge in [0.2, 0.25) is 11.8 Å². The first-order chi connectivity index (χ1) is 13.4. The summed E-state index contributed by atoms with van der Waals surface area (Å²) in [7, 11) is 0. The quantitative estimate of drug-likeness (QED) is 0.823. The van der Waals surface area contributed by atoms with Gasteiger partial charge in [-0.3, -0.25) is 14.5 Å². The SMILES string of the molecule is C[C@@H](C(=O)Nc1cc(F)ccc1F)N1CCC[C@@H](C(=O)Nc2ccccc2)C1. The molecule has 0 radical (unpaired) electrons. The fourth-order valence-corrected chi connectivity index (χ4v) is 3.33. The maximum Gasteiger partial charge on any atom is 0.241 e. The van der Waals surface area contributed by atoms with E-state index in [2.05, 4.69) is 10.6 Å². The van der Waals surface area contributed by atoms with Crippen LogP contribution in [0, 0.1) is 17.6 Å². The Morgan fingerprint density at radius 2 is 1.86 bits per heavy atom. The summed E-state index contributed by atoms with van der Waals surface area (Å²) >= 11 is 0. The number of halogens is 2. The van der Waals surface area contributed by atoms with Gasteiger partial charge in [0.25, 0.3) is 0 Å². The normalized spacial score (nSPS) is 18.3. The molecule has 1 aliphatic heterocycles. The molecular formula is C21H23F2N3O2. The minimum absolute atomic E-state index is 0.0836. The van der Waals surface area contributed by atoms with E-state index in [9.17, 15) is 18.4 Å². The Bertz CT molecular complexity index is 845. The third-order valence-electron chi connectivity index (χ3n) is 4.98. The molecule has 1 heterocycles. The number of carbonyl (C=O) groups is 2. The van der Waals surface area contributed by atoms with Gasteiger partial charge in [-0.25, -0.2) is 8.78 Å². The summed E-state index contributed by atoms with van der Waals surface area (Å²) in [6.45, 7) is 2.79. The smallest absolute Gasteiger partial charge is 0.241 e. The maximum atomic E-state index is 13.8. The monoisotopic (exact) mass is 387 g/mol. The average molecular weight is 387 g/mol. The van der Waals surface area contributed by atoms with E-state index in [4.69, 9.17) is 0 Å². The van der Waals surface area contributed by atoms with Crippen LogP contribution in [0.15, 0.2) is 48.5 Å². The Hall–Kier alpha value is -2.80. The van der Waals surface area contributed by atoms with Crippen molar-refractivity contribution in [2.75, 3.05) is 23.7 Å². The molecule has 2 aromatic carbocycles. The van der Waals surface area contributed by atoms with Gasteiger partial charge in [-0.15, -0.1) is 0 Å². The molecule has 5 nitrogen and oxygen atoms in total. The van der Waals surface area contributed by atoms with Crippen molar-refractivity contribution in [3.8, 4) is 0 Å². The lowest BCUT2D eigenvalue weighted by atomic mass is 9.95. The van der Waals surface area contributed by atoms with Crippen LogP contribution in [0.3, 0.4) is 0 Å². The maximum absolute atomic E-state index is 13.8. The van der Waals surface area contributed by atoms with Crippen molar-refractivity contribution < 1.29 is 18.4 Å². The van der Waals surface area contributed by atoms with Crippen LogP contribution in [-0.2, 0) is 9.59 Å². The number of piperidine rings is 1. The largest absolute Gasteiger partial charge is 0.326 e. The lowest BCUT2D eigenvalue weighted by Gasteiger charge is -2.35. The molecule has 0 aromatic heterocycles. The number of carbonyl (C=O) groups excluding carboxylic acids is 2. The first-order valence-electron chi connectivity index (χ1n) is 9.30. The first kappa shape index (κ1) is 19.9. The van der Waals surface area contributed by atoms with Crippen molar-refractivity contribution in [2.24, 2.45) is 5.92 Å². The van der Waals surface area contributed by atoms with E-state index in [1.807, 2.05) is 35.2 Å². The molecule has 0 aliphatic carbocycles. The van der Waals surface area contributed by atoms with Crippen molar-refractivity contribution in [1.82, 2.24) is 4.90 Å². The zero-order valence-corrected chi connectivity index (χ0v) is 15.6. The molecule has 7 heteroatoms. The summed E-state index contributed by atoms with van der Waals surface area (Å²) in [4.78, 5) is 26.9. The molecule has 2 amide bonds. The molecule has 2 aromatic rings.